The van der Waals surface area contributed by atoms with Gasteiger partial charge in [0.2, 0.25) is 0 Å². The van der Waals surface area contributed by atoms with Gasteiger partial charge in [-0.05, 0) is 24.6 Å². The number of carbonyl (C=O) groups excluding carboxylic acids is 1. The zero-order valence-corrected chi connectivity index (χ0v) is 10.8. The average Bonchev–Trinajstić information content (AvgIpc) is 2.34. The number of hydrogen-bond donors (Lipinski definition) is 2. The third kappa shape index (κ3) is 3.37. The molecule has 0 heterocycles. The lowest BCUT2D eigenvalue weighted by molar-refractivity contribution is -0.139. The summed E-state index contributed by atoms with van der Waals surface area (Å²) in [6.45, 7) is 1.68. The van der Waals surface area contributed by atoms with Crippen LogP contribution in [-0.2, 0) is 4.79 Å². The van der Waals surface area contributed by atoms with E-state index in [4.69, 9.17) is 21.4 Å². The van der Waals surface area contributed by atoms with E-state index in [-0.39, 0.29) is 5.56 Å². The van der Waals surface area contributed by atoms with Crippen LogP contribution >= 0.6 is 11.6 Å². The van der Waals surface area contributed by atoms with Crippen molar-refractivity contribution in [2.24, 2.45) is 0 Å². The van der Waals surface area contributed by atoms with Crippen molar-refractivity contribution in [1.29, 1.82) is 0 Å². The first-order valence-electron chi connectivity index (χ1n) is 5.36. The number of methoxy groups -OCH3 is 1. The zero-order chi connectivity index (χ0) is 13.7. The van der Waals surface area contributed by atoms with Crippen LogP contribution in [0.1, 0.15) is 23.7 Å². The summed E-state index contributed by atoms with van der Waals surface area (Å²) in [5, 5.41) is 11.7. The van der Waals surface area contributed by atoms with Crippen LogP contribution in [0.3, 0.4) is 0 Å². The lowest BCUT2D eigenvalue weighted by Crippen LogP contribution is -2.40. The number of aliphatic carboxylic acids is 1. The van der Waals surface area contributed by atoms with Crippen molar-refractivity contribution in [2.75, 3.05) is 7.11 Å². The molecule has 18 heavy (non-hydrogen) atoms. The monoisotopic (exact) mass is 271 g/mol. The molecular formula is C12H14ClNO4. The molecule has 1 aromatic rings. The second-order valence-corrected chi connectivity index (χ2v) is 4.05. The van der Waals surface area contributed by atoms with Gasteiger partial charge in [-0.3, -0.25) is 4.79 Å². The molecule has 0 aromatic heterocycles. The number of carbonyl (C=O) groups is 2. The van der Waals surface area contributed by atoms with Gasteiger partial charge >= 0.3 is 5.97 Å². The van der Waals surface area contributed by atoms with Crippen molar-refractivity contribution in [3.63, 3.8) is 0 Å². The van der Waals surface area contributed by atoms with Crippen LogP contribution in [0.4, 0.5) is 0 Å². The van der Waals surface area contributed by atoms with Crippen LogP contribution in [-0.4, -0.2) is 30.1 Å². The van der Waals surface area contributed by atoms with E-state index in [9.17, 15) is 9.59 Å². The first kappa shape index (κ1) is 14.3. The third-order valence-corrected chi connectivity index (χ3v) is 2.65. The van der Waals surface area contributed by atoms with E-state index in [1.54, 1.807) is 13.0 Å². The second kappa shape index (κ2) is 6.26. The predicted molar refractivity (Wildman–Crippen MR) is 67.2 cm³/mol. The summed E-state index contributed by atoms with van der Waals surface area (Å²) in [4.78, 5) is 22.8. The minimum Gasteiger partial charge on any atom is -0.496 e. The molecule has 6 heteroatoms. The maximum absolute atomic E-state index is 11.9. The Labute approximate surface area is 110 Å². The Morgan fingerprint density at radius 3 is 2.67 bits per heavy atom. The highest BCUT2D eigenvalue weighted by Gasteiger charge is 2.20. The molecule has 1 aromatic carbocycles. The van der Waals surface area contributed by atoms with Crippen LogP contribution in [0, 0.1) is 0 Å². The molecule has 0 fully saturated rings. The van der Waals surface area contributed by atoms with Gasteiger partial charge in [-0.2, -0.15) is 0 Å². The fourth-order valence-corrected chi connectivity index (χ4v) is 1.59. The molecule has 0 unspecified atom stereocenters. The number of carboxylic acids is 1. The number of ether oxygens (including phenoxy) is 1. The number of rotatable bonds is 5. The Bertz CT molecular complexity index is 461. The SMILES string of the molecule is CC[C@@H](NC(=O)c1ccc(Cl)cc1OC)C(=O)O. The maximum atomic E-state index is 11.9. The number of hydrogen-bond acceptors (Lipinski definition) is 3. The summed E-state index contributed by atoms with van der Waals surface area (Å²) in [5.74, 6) is -1.27. The first-order chi connectivity index (χ1) is 8.49. The van der Waals surface area contributed by atoms with E-state index in [0.29, 0.717) is 17.2 Å². The number of benzene rings is 1. The zero-order valence-electron chi connectivity index (χ0n) is 10.1. The molecule has 0 saturated heterocycles. The van der Waals surface area contributed by atoms with Crippen molar-refractivity contribution in [1.82, 2.24) is 5.32 Å². The van der Waals surface area contributed by atoms with Crippen molar-refractivity contribution < 1.29 is 19.4 Å². The van der Waals surface area contributed by atoms with Gasteiger partial charge in [0.05, 0.1) is 12.7 Å². The van der Waals surface area contributed by atoms with E-state index in [1.165, 1.54) is 19.2 Å². The molecule has 98 valence electrons. The molecule has 2 N–H and O–H groups in total. The van der Waals surface area contributed by atoms with Crippen molar-refractivity contribution in [3.8, 4) is 5.75 Å². The van der Waals surface area contributed by atoms with Gasteiger partial charge in [0.25, 0.3) is 5.91 Å². The molecule has 1 atom stereocenters. The largest absolute Gasteiger partial charge is 0.496 e. The highest BCUT2D eigenvalue weighted by Crippen LogP contribution is 2.23. The molecule has 0 aliphatic heterocycles. The topological polar surface area (TPSA) is 75.6 Å². The maximum Gasteiger partial charge on any atom is 0.326 e. The van der Waals surface area contributed by atoms with Crippen molar-refractivity contribution >= 4 is 23.5 Å². The molecule has 5 nitrogen and oxygen atoms in total. The first-order valence-corrected chi connectivity index (χ1v) is 5.74. The van der Waals surface area contributed by atoms with Crippen molar-refractivity contribution in [3.05, 3.63) is 28.8 Å². The van der Waals surface area contributed by atoms with Crippen LogP contribution in [0.15, 0.2) is 18.2 Å². The smallest absolute Gasteiger partial charge is 0.326 e. The molecule has 1 amide bonds. The van der Waals surface area contributed by atoms with Crippen molar-refractivity contribution in [2.45, 2.75) is 19.4 Å². The Balaban J connectivity index is 2.93. The van der Waals surface area contributed by atoms with E-state index in [0.717, 1.165) is 0 Å². The molecular weight excluding hydrogens is 258 g/mol. The molecule has 0 aliphatic rings. The summed E-state index contributed by atoms with van der Waals surface area (Å²) in [6, 6.07) is 3.61. The number of nitrogens with one attached hydrogen (secondary N) is 1. The molecule has 0 radical (unpaired) electrons. The number of halogens is 1. The highest BCUT2D eigenvalue weighted by molar-refractivity contribution is 6.30. The number of carboxylic acid groups (broad SMARTS) is 1. The fraction of sp³-hybridized carbons (Fsp3) is 0.333. The van der Waals surface area contributed by atoms with Gasteiger partial charge in [0.15, 0.2) is 0 Å². The Morgan fingerprint density at radius 1 is 1.50 bits per heavy atom. The summed E-state index contributed by atoms with van der Waals surface area (Å²) in [7, 11) is 1.41. The summed E-state index contributed by atoms with van der Waals surface area (Å²) >= 11 is 5.78. The second-order valence-electron chi connectivity index (χ2n) is 3.62. The standard InChI is InChI=1S/C12H14ClNO4/c1-3-9(12(16)17)14-11(15)8-5-4-7(13)6-10(8)18-2/h4-6,9H,3H2,1-2H3,(H,14,15)(H,16,17)/t9-/m1/s1. The van der Waals surface area contributed by atoms with E-state index < -0.39 is 17.9 Å². The summed E-state index contributed by atoms with van der Waals surface area (Å²) < 4.78 is 5.03. The lowest BCUT2D eigenvalue weighted by atomic mass is 10.1. The van der Waals surface area contributed by atoms with Gasteiger partial charge < -0.3 is 15.2 Å². The van der Waals surface area contributed by atoms with Gasteiger partial charge in [-0.15, -0.1) is 0 Å². The van der Waals surface area contributed by atoms with Gasteiger partial charge in [0.1, 0.15) is 11.8 Å². The molecule has 0 saturated carbocycles. The predicted octanol–water partition coefficient (Wildman–Crippen LogP) is 1.94. The lowest BCUT2D eigenvalue weighted by Gasteiger charge is -2.14. The van der Waals surface area contributed by atoms with E-state index in [1.807, 2.05) is 0 Å². The van der Waals surface area contributed by atoms with Gasteiger partial charge in [0, 0.05) is 5.02 Å². The Kier molecular flexibility index (Phi) is 4.97. The minimum atomic E-state index is -1.07. The highest BCUT2D eigenvalue weighted by atomic mass is 35.5. The normalized spacial score (nSPS) is 11.7. The minimum absolute atomic E-state index is 0.251. The Morgan fingerprint density at radius 2 is 2.17 bits per heavy atom. The molecule has 1 rings (SSSR count). The van der Waals surface area contributed by atoms with Gasteiger partial charge in [-0.25, -0.2) is 4.79 Å². The summed E-state index contributed by atoms with van der Waals surface area (Å²) in [5.41, 5.74) is 0.251. The average molecular weight is 272 g/mol. The van der Waals surface area contributed by atoms with Gasteiger partial charge in [-0.1, -0.05) is 18.5 Å². The van der Waals surface area contributed by atoms with Crippen LogP contribution in [0.5, 0.6) is 5.75 Å². The summed E-state index contributed by atoms with van der Waals surface area (Å²) in [6.07, 6.45) is 0.303. The fourth-order valence-electron chi connectivity index (χ4n) is 1.43. The third-order valence-electron chi connectivity index (χ3n) is 2.42. The van der Waals surface area contributed by atoms with E-state index in [2.05, 4.69) is 5.32 Å². The Hall–Kier alpha value is -1.75. The molecule has 0 spiro atoms. The van der Waals surface area contributed by atoms with E-state index >= 15 is 0 Å². The quantitative estimate of drug-likeness (QED) is 0.858. The molecule has 0 bridgehead atoms. The van der Waals surface area contributed by atoms with Crippen LogP contribution < -0.4 is 10.1 Å². The molecule has 0 aliphatic carbocycles. The number of amides is 1. The van der Waals surface area contributed by atoms with Crippen LogP contribution in [0.2, 0.25) is 5.02 Å². The van der Waals surface area contributed by atoms with Crippen LogP contribution in [0.25, 0.3) is 0 Å².